The molecule has 1 aliphatic rings. The Kier molecular flexibility index (Phi) is 2.94. The van der Waals surface area contributed by atoms with Gasteiger partial charge in [0.2, 0.25) is 0 Å². The molecule has 0 saturated carbocycles. The monoisotopic (exact) mass is 166 g/mol. The molecule has 2 N–H and O–H groups in total. The van der Waals surface area contributed by atoms with Crippen molar-refractivity contribution >= 4 is 5.69 Å². The summed E-state index contributed by atoms with van der Waals surface area (Å²) >= 11 is 0. The first-order valence-electron chi connectivity index (χ1n) is 3.88. The standard InChI is InChI=1S/C8H9NO.CH5N/c1-9-6-10-8-5-3-2-4-7(8)9;1-2/h2-5H,6H2,1H3;2H2,1H3. The maximum Gasteiger partial charge on any atom is 0.161 e. The largest absolute Gasteiger partial charge is 0.471 e. The van der Waals surface area contributed by atoms with Crippen LogP contribution in [-0.2, 0) is 0 Å². The van der Waals surface area contributed by atoms with E-state index in [0.29, 0.717) is 6.73 Å². The molecule has 0 spiro atoms. The van der Waals surface area contributed by atoms with Gasteiger partial charge in [0.05, 0.1) is 5.69 Å². The summed E-state index contributed by atoms with van der Waals surface area (Å²) in [6.45, 7) is 0.680. The van der Waals surface area contributed by atoms with Crippen LogP contribution in [-0.4, -0.2) is 20.8 Å². The maximum atomic E-state index is 5.34. The van der Waals surface area contributed by atoms with Gasteiger partial charge in [0.15, 0.2) is 6.73 Å². The van der Waals surface area contributed by atoms with E-state index in [1.807, 2.05) is 25.2 Å². The van der Waals surface area contributed by atoms with Crippen molar-refractivity contribution in [3.05, 3.63) is 24.3 Å². The molecule has 66 valence electrons. The van der Waals surface area contributed by atoms with Crippen LogP contribution in [0, 0.1) is 0 Å². The van der Waals surface area contributed by atoms with Gasteiger partial charge in [0.1, 0.15) is 5.75 Å². The molecule has 2 rings (SSSR count). The highest BCUT2D eigenvalue weighted by molar-refractivity contribution is 5.60. The molecule has 1 aliphatic heterocycles. The highest BCUT2D eigenvalue weighted by Gasteiger charge is 2.14. The Morgan fingerprint density at radius 2 is 2.00 bits per heavy atom. The third kappa shape index (κ3) is 1.51. The Morgan fingerprint density at radius 1 is 1.33 bits per heavy atom. The summed E-state index contributed by atoms with van der Waals surface area (Å²) in [6, 6.07) is 8.04. The first-order valence-corrected chi connectivity index (χ1v) is 3.88. The van der Waals surface area contributed by atoms with Crippen LogP contribution in [0.5, 0.6) is 5.75 Å². The molecule has 1 heterocycles. The number of rotatable bonds is 0. The van der Waals surface area contributed by atoms with Crippen LogP contribution in [0.25, 0.3) is 0 Å². The minimum absolute atomic E-state index is 0.680. The van der Waals surface area contributed by atoms with E-state index in [-0.39, 0.29) is 0 Å². The summed E-state index contributed by atoms with van der Waals surface area (Å²) in [5, 5.41) is 0. The SMILES string of the molecule is CN.CN1COc2ccccc21. The van der Waals surface area contributed by atoms with Crippen molar-refractivity contribution in [2.24, 2.45) is 5.73 Å². The van der Waals surface area contributed by atoms with E-state index in [1.54, 1.807) is 0 Å². The number of anilines is 1. The summed E-state index contributed by atoms with van der Waals surface area (Å²) in [7, 11) is 3.52. The molecule has 1 aromatic rings. The van der Waals surface area contributed by atoms with Gasteiger partial charge in [-0.3, -0.25) is 0 Å². The summed E-state index contributed by atoms with van der Waals surface area (Å²) < 4.78 is 5.34. The number of nitrogens with zero attached hydrogens (tertiary/aromatic N) is 1. The normalized spacial score (nSPS) is 12.8. The van der Waals surface area contributed by atoms with Crippen molar-refractivity contribution in [2.75, 3.05) is 25.7 Å². The Labute approximate surface area is 72.7 Å². The van der Waals surface area contributed by atoms with Gasteiger partial charge in [-0.05, 0) is 19.2 Å². The Bertz CT molecular complexity index is 250. The molecule has 0 radical (unpaired) electrons. The van der Waals surface area contributed by atoms with Crippen molar-refractivity contribution in [1.29, 1.82) is 0 Å². The zero-order valence-corrected chi connectivity index (χ0v) is 7.45. The predicted octanol–water partition coefficient (Wildman–Crippen LogP) is 1.05. The molecule has 0 unspecified atom stereocenters. The molecular formula is C9H14N2O. The second-order valence-corrected chi connectivity index (χ2v) is 2.44. The molecule has 1 aromatic carbocycles. The van der Waals surface area contributed by atoms with Crippen LogP contribution >= 0.6 is 0 Å². The van der Waals surface area contributed by atoms with E-state index in [1.165, 1.54) is 12.7 Å². The lowest BCUT2D eigenvalue weighted by Crippen LogP contribution is -2.14. The topological polar surface area (TPSA) is 38.5 Å². The molecule has 0 aliphatic carbocycles. The van der Waals surface area contributed by atoms with Crippen molar-refractivity contribution in [1.82, 2.24) is 0 Å². The van der Waals surface area contributed by atoms with Crippen LogP contribution in [0.1, 0.15) is 0 Å². The number of fused-ring (bicyclic) bond motifs is 1. The molecule has 0 saturated heterocycles. The lowest BCUT2D eigenvalue weighted by Gasteiger charge is -2.05. The predicted molar refractivity (Wildman–Crippen MR) is 50.5 cm³/mol. The van der Waals surface area contributed by atoms with Crippen molar-refractivity contribution in [3.63, 3.8) is 0 Å². The van der Waals surface area contributed by atoms with Gasteiger partial charge < -0.3 is 15.4 Å². The van der Waals surface area contributed by atoms with E-state index < -0.39 is 0 Å². The van der Waals surface area contributed by atoms with E-state index >= 15 is 0 Å². The minimum Gasteiger partial charge on any atom is -0.471 e. The first-order chi connectivity index (χ1) is 5.88. The molecule has 3 heteroatoms. The van der Waals surface area contributed by atoms with Gasteiger partial charge in [-0.15, -0.1) is 0 Å². The third-order valence-electron chi connectivity index (χ3n) is 1.69. The number of ether oxygens (including phenoxy) is 1. The smallest absolute Gasteiger partial charge is 0.161 e. The Balaban J connectivity index is 0.000000336. The van der Waals surface area contributed by atoms with Crippen LogP contribution in [0.2, 0.25) is 0 Å². The summed E-state index contributed by atoms with van der Waals surface area (Å²) in [5.74, 6) is 0.991. The fourth-order valence-electron chi connectivity index (χ4n) is 1.13. The van der Waals surface area contributed by atoms with Gasteiger partial charge in [-0.1, -0.05) is 12.1 Å². The highest BCUT2D eigenvalue weighted by atomic mass is 16.5. The zero-order valence-electron chi connectivity index (χ0n) is 7.45. The van der Waals surface area contributed by atoms with Gasteiger partial charge >= 0.3 is 0 Å². The van der Waals surface area contributed by atoms with Crippen LogP contribution in [0.3, 0.4) is 0 Å². The summed E-state index contributed by atoms with van der Waals surface area (Å²) in [6.07, 6.45) is 0. The molecule has 0 aromatic heterocycles. The molecule has 12 heavy (non-hydrogen) atoms. The molecular weight excluding hydrogens is 152 g/mol. The number of benzene rings is 1. The second kappa shape index (κ2) is 3.97. The van der Waals surface area contributed by atoms with E-state index in [0.717, 1.165) is 5.75 Å². The fourth-order valence-corrected chi connectivity index (χ4v) is 1.13. The lowest BCUT2D eigenvalue weighted by atomic mass is 10.3. The quantitative estimate of drug-likeness (QED) is 0.626. The summed E-state index contributed by atoms with van der Waals surface area (Å²) in [5.41, 5.74) is 5.68. The van der Waals surface area contributed by atoms with Crippen LogP contribution in [0.4, 0.5) is 5.69 Å². The Morgan fingerprint density at radius 3 is 2.67 bits per heavy atom. The van der Waals surface area contributed by atoms with Crippen molar-refractivity contribution < 1.29 is 4.74 Å². The number of nitrogens with two attached hydrogens (primary N) is 1. The summed E-state index contributed by atoms with van der Waals surface area (Å²) in [4.78, 5) is 2.08. The van der Waals surface area contributed by atoms with Gasteiger partial charge in [0, 0.05) is 7.05 Å². The zero-order chi connectivity index (χ0) is 8.97. The molecule has 3 nitrogen and oxygen atoms in total. The van der Waals surface area contributed by atoms with Crippen LogP contribution < -0.4 is 15.4 Å². The minimum atomic E-state index is 0.680. The molecule has 0 fully saturated rings. The van der Waals surface area contributed by atoms with Gasteiger partial charge in [0.25, 0.3) is 0 Å². The highest BCUT2D eigenvalue weighted by Crippen LogP contribution is 2.31. The maximum absolute atomic E-state index is 5.34. The lowest BCUT2D eigenvalue weighted by molar-refractivity contribution is 0.353. The fraction of sp³-hybridized carbons (Fsp3) is 0.333. The average molecular weight is 166 g/mol. The average Bonchev–Trinajstić information content (AvgIpc) is 2.53. The Hall–Kier alpha value is -1.22. The first kappa shape index (κ1) is 8.87. The van der Waals surface area contributed by atoms with Crippen molar-refractivity contribution in [2.45, 2.75) is 0 Å². The van der Waals surface area contributed by atoms with Gasteiger partial charge in [-0.2, -0.15) is 0 Å². The number of hydrogen-bond donors (Lipinski definition) is 1. The number of para-hydroxylation sites is 2. The van der Waals surface area contributed by atoms with E-state index in [2.05, 4.69) is 16.7 Å². The third-order valence-corrected chi connectivity index (χ3v) is 1.69. The number of hydrogen-bond acceptors (Lipinski definition) is 3. The second-order valence-electron chi connectivity index (χ2n) is 2.44. The van der Waals surface area contributed by atoms with Crippen LogP contribution in [0.15, 0.2) is 24.3 Å². The van der Waals surface area contributed by atoms with Crippen molar-refractivity contribution in [3.8, 4) is 5.75 Å². The van der Waals surface area contributed by atoms with E-state index in [9.17, 15) is 0 Å². The van der Waals surface area contributed by atoms with E-state index in [4.69, 9.17) is 4.74 Å². The molecule has 0 bridgehead atoms. The molecule has 0 atom stereocenters. The molecule has 0 amide bonds. The van der Waals surface area contributed by atoms with Gasteiger partial charge in [-0.25, -0.2) is 0 Å².